The van der Waals surface area contributed by atoms with Crippen LogP contribution < -0.4 is 11.5 Å². The standard InChI is InChI=1S/C13H13ClN2/c14-11-5-3-7-13(16)10(11)8-9-4-1-2-6-12(9)15/h1-7H,8,15-16H2. The van der Waals surface area contributed by atoms with Crippen molar-refractivity contribution in [3.05, 3.63) is 58.6 Å². The summed E-state index contributed by atoms with van der Waals surface area (Å²) in [5.41, 5.74) is 15.2. The predicted octanol–water partition coefficient (Wildman–Crippen LogP) is 3.10. The maximum atomic E-state index is 6.11. The van der Waals surface area contributed by atoms with Crippen LogP contribution in [-0.4, -0.2) is 0 Å². The SMILES string of the molecule is Nc1ccccc1Cc1c(N)cccc1Cl. The molecule has 0 fully saturated rings. The van der Waals surface area contributed by atoms with Gasteiger partial charge in [0.15, 0.2) is 0 Å². The topological polar surface area (TPSA) is 52.0 Å². The Morgan fingerprint density at radius 3 is 2.25 bits per heavy atom. The molecule has 0 bridgehead atoms. The number of hydrogen-bond donors (Lipinski definition) is 2. The van der Waals surface area contributed by atoms with Gasteiger partial charge in [-0.05, 0) is 29.3 Å². The van der Waals surface area contributed by atoms with Crippen molar-refractivity contribution < 1.29 is 0 Å². The number of hydrogen-bond acceptors (Lipinski definition) is 2. The highest BCUT2D eigenvalue weighted by Crippen LogP contribution is 2.26. The van der Waals surface area contributed by atoms with Crippen molar-refractivity contribution in [2.45, 2.75) is 6.42 Å². The number of nitrogen functional groups attached to an aromatic ring is 2. The lowest BCUT2D eigenvalue weighted by atomic mass is 10.0. The van der Waals surface area contributed by atoms with Crippen LogP contribution in [0.25, 0.3) is 0 Å². The molecule has 0 aliphatic heterocycles. The third-order valence-electron chi connectivity index (χ3n) is 2.58. The van der Waals surface area contributed by atoms with Crippen LogP contribution >= 0.6 is 11.6 Å². The van der Waals surface area contributed by atoms with Gasteiger partial charge < -0.3 is 11.5 Å². The zero-order valence-electron chi connectivity index (χ0n) is 8.78. The van der Waals surface area contributed by atoms with Crippen molar-refractivity contribution in [3.8, 4) is 0 Å². The van der Waals surface area contributed by atoms with Crippen molar-refractivity contribution >= 4 is 23.0 Å². The number of para-hydroxylation sites is 1. The molecule has 0 aromatic heterocycles. The molecule has 0 radical (unpaired) electrons. The van der Waals surface area contributed by atoms with Crippen molar-refractivity contribution in [2.75, 3.05) is 11.5 Å². The summed E-state index contributed by atoms with van der Waals surface area (Å²) in [6.07, 6.45) is 0.665. The fourth-order valence-corrected chi connectivity index (χ4v) is 1.90. The Labute approximate surface area is 99.8 Å². The molecule has 16 heavy (non-hydrogen) atoms. The molecule has 0 aliphatic carbocycles. The van der Waals surface area contributed by atoms with E-state index in [4.69, 9.17) is 23.1 Å². The molecule has 2 rings (SSSR count). The quantitative estimate of drug-likeness (QED) is 0.782. The van der Waals surface area contributed by atoms with Crippen LogP contribution in [0.3, 0.4) is 0 Å². The van der Waals surface area contributed by atoms with Gasteiger partial charge in [-0.2, -0.15) is 0 Å². The van der Waals surface area contributed by atoms with E-state index in [0.717, 1.165) is 16.8 Å². The average molecular weight is 233 g/mol. The smallest absolute Gasteiger partial charge is 0.0461 e. The highest BCUT2D eigenvalue weighted by Gasteiger charge is 2.07. The molecule has 0 amide bonds. The summed E-state index contributed by atoms with van der Waals surface area (Å²) < 4.78 is 0. The summed E-state index contributed by atoms with van der Waals surface area (Å²) in [6, 6.07) is 13.3. The first-order chi connectivity index (χ1) is 7.68. The second-order valence-corrected chi connectivity index (χ2v) is 4.09. The Hall–Kier alpha value is -1.67. The Morgan fingerprint density at radius 1 is 0.875 bits per heavy atom. The Kier molecular flexibility index (Phi) is 3.02. The van der Waals surface area contributed by atoms with Gasteiger partial charge in [0.25, 0.3) is 0 Å². The Bertz CT molecular complexity index is 489. The summed E-state index contributed by atoms with van der Waals surface area (Å²) >= 11 is 6.11. The van der Waals surface area contributed by atoms with Crippen molar-refractivity contribution in [3.63, 3.8) is 0 Å². The minimum absolute atomic E-state index is 0.665. The molecule has 0 spiro atoms. The minimum atomic E-state index is 0.665. The Balaban J connectivity index is 2.38. The molecular weight excluding hydrogens is 220 g/mol. The summed E-state index contributed by atoms with van der Waals surface area (Å²) in [5.74, 6) is 0. The van der Waals surface area contributed by atoms with Crippen LogP contribution in [0.2, 0.25) is 5.02 Å². The molecular formula is C13H13ClN2. The van der Waals surface area contributed by atoms with E-state index in [9.17, 15) is 0 Å². The summed E-state index contributed by atoms with van der Waals surface area (Å²) in [5, 5.41) is 0.684. The van der Waals surface area contributed by atoms with Gasteiger partial charge in [-0.25, -0.2) is 0 Å². The maximum Gasteiger partial charge on any atom is 0.0461 e. The predicted molar refractivity (Wildman–Crippen MR) is 69.5 cm³/mol. The van der Waals surface area contributed by atoms with Crippen LogP contribution in [0.15, 0.2) is 42.5 Å². The highest BCUT2D eigenvalue weighted by molar-refractivity contribution is 6.31. The summed E-state index contributed by atoms with van der Waals surface area (Å²) in [6.45, 7) is 0. The van der Waals surface area contributed by atoms with Crippen LogP contribution in [0.5, 0.6) is 0 Å². The molecule has 2 aromatic rings. The average Bonchev–Trinajstić information content (AvgIpc) is 2.26. The lowest BCUT2D eigenvalue weighted by Gasteiger charge is -2.09. The maximum absolute atomic E-state index is 6.11. The second kappa shape index (κ2) is 4.45. The first-order valence-electron chi connectivity index (χ1n) is 5.04. The summed E-state index contributed by atoms with van der Waals surface area (Å²) in [4.78, 5) is 0. The third kappa shape index (κ3) is 2.12. The zero-order valence-corrected chi connectivity index (χ0v) is 9.54. The number of nitrogens with two attached hydrogens (primary N) is 2. The Morgan fingerprint density at radius 2 is 1.56 bits per heavy atom. The van der Waals surface area contributed by atoms with Gasteiger partial charge in [-0.15, -0.1) is 0 Å². The van der Waals surface area contributed by atoms with E-state index in [1.807, 2.05) is 42.5 Å². The fourth-order valence-electron chi connectivity index (χ4n) is 1.65. The molecule has 0 heterocycles. The van der Waals surface area contributed by atoms with Gasteiger partial charge >= 0.3 is 0 Å². The lowest BCUT2D eigenvalue weighted by Crippen LogP contribution is -1.99. The number of benzene rings is 2. The van der Waals surface area contributed by atoms with Crippen LogP contribution in [0, 0.1) is 0 Å². The molecule has 0 atom stereocenters. The normalized spacial score (nSPS) is 10.3. The summed E-state index contributed by atoms with van der Waals surface area (Å²) in [7, 11) is 0. The van der Waals surface area contributed by atoms with E-state index in [1.54, 1.807) is 0 Å². The van der Waals surface area contributed by atoms with Gasteiger partial charge in [0.1, 0.15) is 0 Å². The molecule has 2 aromatic carbocycles. The highest BCUT2D eigenvalue weighted by atomic mass is 35.5. The van der Waals surface area contributed by atoms with E-state index in [0.29, 0.717) is 17.1 Å². The molecule has 3 heteroatoms. The third-order valence-corrected chi connectivity index (χ3v) is 2.93. The van der Waals surface area contributed by atoms with Crippen molar-refractivity contribution in [2.24, 2.45) is 0 Å². The number of anilines is 2. The van der Waals surface area contributed by atoms with Crippen molar-refractivity contribution in [1.29, 1.82) is 0 Å². The second-order valence-electron chi connectivity index (χ2n) is 3.68. The molecule has 0 aliphatic rings. The fraction of sp³-hybridized carbons (Fsp3) is 0.0769. The number of rotatable bonds is 2. The molecule has 0 saturated carbocycles. The van der Waals surface area contributed by atoms with Gasteiger partial charge in [0, 0.05) is 22.8 Å². The molecule has 0 unspecified atom stereocenters. The zero-order chi connectivity index (χ0) is 11.5. The van der Waals surface area contributed by atoms with Crippen LogP contribution in [-0.2, 0) is 6.42 Å². The largest absolute Gasteiger partial charge is 0.398 e. The molecule has 0 saturated heterocycles. The van der Waals surface area contributed by atoms with E-state index in [-0.39, 0.29) is 0 Å². The van der Waals surface area contributed by atoms with Gasteiger partial charge in [-0.3, -0.25) is 0 Å². The first kappa shape index (κ1) is 10.8. The number of halogens is 1. The van der Waals surface area contributed by atoms with Gasteiger partial charge in [0.2, 0.25) is 0 Å². The molecule has 4 N–H and O–H groups in total. The van der Waals surface area contributed by atoms with Gasteiger partial charge in [-0.1, -0.05) is 35.9 Å². The molecule has 2 nitrogen and oxygen atoms in total. The monoisotopic (exact) mass is 232 g/mol. The van der Waals surface area contributed by atoms with E-state index >= 15 is 0 Å². The van der Waals surface area contributed by atoms with Crippen LogP contribution in [0.1, 0.15) is 11.1 Å². The van der Waals surface area contributed by atoms with E-state index < -0.39 is 0 Å². The van der Waals surface area contributed by atoms with Crippen LogP contribution in [0.4, 0.5) is 11.4 Å². The van der Waals surface area contributed by atoms with Gasteiger partial charge in [0.05, 0.1) is 0 Å². The molecule has 82 valence electrons. The minimum Gasteiger partial charge on any atom is -0.398 e. The first-order valence-corrected chi connectivity index (χ1v) is 5.42. The van der Waals surface area contributed by atoms with E-state index in [2.05, 4.69) is 0 Å². The van der Waals surface area contributed by atoms with Crippen molar-refractivity contribution in [1.82, 2.24) is 0 Å². The van der Waals surface area contributed by atoms with E-state index in [1.165, 1.54) is 0 Å². The lowest BCUT2D eigenvalue weighted by molar-refractivity contribution is 1.20.